The van der Waals surface area contributed by atoms with Gasteiger partial charge in [-0.3, -0.25) is 34.5 Å². The van der Waals surface area contributed by atoms with E-state index in [1.807, 2.05) is 0 Å². The molecule has 0 aromatic carbocycles. The molecule has 6 aromatic rings. The minimum atomic E-state index is -0.848. The first-order valence-corrected chi connectivity index (χ1v) is 15.8. The lowest BCUT2D eigenvalue weighted by Gasteiger charge is -2.12. The second-order valence-electron chi connectivity index (χ2n) is 11.6. The van der Waals surface area contributed by atoms with Crippen LogP contribution in [0.15, 0.2) is 86.4 Å². The topological polar surface area (TPSA) is 174 Å². The highest BCUT2D eigenvalue weighted by atomic mass is 19.1. The Bertz CT molecular complexity index is 2200. The van der Waals surface area contributed by atoms with Crippen molar-refractivity contribution < 1.29 is 22.8 Å². The molecule has 2 aliphatic carbocycles. The van der Waals surface area contributed by atoms with Crippen LogP contribution in [0, 0.1) is 29.3 Å². The van der Waals surface area contributed by atoms with Crippen LogP contribution in [0.5, 0.6) is 0 Å². The molecular formula is C35H26F3N11O2. The number of hydrogen-bond donors (Lipinski definition) is 2. The lowest BCUT2D eigenvalue weighted by molar-refractivity contribution is -0.118. The number of hydrogen-bond acceptors (Lipinski definition) is 11. The first kappa shape index (κ1) is 32.9. The zero-order chi connectivity index (χ0) is 35.3. The summed E-state index contributed by atoms with van der Waals surface area (Å²) in [4.78, 5) is 60.7. The van der Waals surface area contributed by atoms with Crippen LogP contribution in [0.25, 0.3) is 45.2 Å². The third kappa shape index (κ3) is 7.69. The summed E-state index contributed by atoms with van der Waals surface area (Å²) in [6.07, 6.45) is 18.2. The van der Waals surface area contributed by atoms with Crippen LogP contribution in [0.4, 0.5) is 24.8 Å². The summed E-state index contributed by atoms with van der Waals surface area (Å²) in [7, 11) is 0. The number of aromatic nitrogens is 9. The van der Waals surface area contributed by atoms with Gasteiger partial charge in [-0.25, -0.2) is 33.1 Å². The molecule has 8 rings (SSSR count). The first-order valence-electron chi connectivity index (χ1n) is 15.8. The van der Waals surface area contributed by atoms with Crippen molar-refractivity contribution in [1.82, 2.24) is 44.9 Å². The number of amides is 2. The van der Waals surface area contributed by atoms with E-state index in [4.69, 9.17) is 0 Å². The quantitative estimate of drug-likeness (QED) is 0.200. The predicted molar refractivity (Wildman–Crippen MR) is 177 cm³/mol. The number of pyridine rings is 3. The Morgan fingerprint density at radius 3 is 1.76 bits per heavy atom. The highest BCUT2D eigenvalue weighted by Crippen LogP contribution is 2.35. The van der Waals surface area contributed by atoms with Crippen molar-refractivity contribution in [3.05, 3.63) is 104 Å². The van der Waals surface area contributed by atoms with Gasteiger partial charge >= 0.3 is 0 Å². The molecule has 6 aromatic heterocycles. The van der Waals surface area contributed by atoms with E-state index < -0.39 is 17.5 Å². The van der Waals surface area contributed by atoms with Crippen molar-refractivity contribution in [1.29, 1.82) is 0 Å². The van der Waals surface area contributed by atoms with Gasteiger partial charge in [0.1, 0.15) is 28.5 Å². The zero-order valence-corrected chi connectivity index (χ0v) is 26.5. The zero-order valence-electron chi connectivity index (χ0n) is 26.5. The van der Waals surface area contributed by atoms with Gasteiger partial charge in [0.2, 0.25) is 11.8 Å². The van der Waals surface area contributed by atoms with Crippen molar-refractivity contribution in [2.75, 3.05) is 10.6 Å². The van der Waals surface area contributed by atoms with Gasteiger partial charge in [-0.05, 0) is 43.9 Å². The number of carbonyl (C=O) groups excluding carboxylic acids is 2. The van der Waals surface area contributed by atoms with E-state index in [0.29, 0.717) is 28.5 Å². The van der Waals surface area contributed by atoms with Gasteiger partial charge in [-0.1, -0.05) is 0 Å². The Morgan fingerprint density at radius 1 is 0.569 bits per heavy atom. The van der Waals surface area contributed by atoms with Crippen molar-refractivity contribution in [3.63, 3.8) is 0 Å². The van der Waals surface area contributed by atoms with Gasteiger partial charge < -0.3 is 10.6 Å². The van der Waals surface area contributed by atoms with Crippen LogP contribution in [0.1, 0.15) is 25.7 Å². The summed E-state index contributed by atoms with van der Waals surface area (Å²) in [5, 5.41) is 5.43. The van der Waals surface area contributed by atoms with Crippen LogP contribution in [-0.4, -0.2) is 56.7 Å². The van der Waals surface area contributed by atoms with E-state index in [2.05, 4.69) is 55.5 Å². The number of carbonyl (C=O) groups is 2. The van der Waals surface area contributed by atoms with E-state index in [9.17, 15) is 22.8 Å². The van der Waals surface area contributed by atoms with Gasteiger partial charge in [-0.15, -0.1) is 0 Å². The lowest BCUT2D eigenvalue weighted by atomic mass is 10.1. The summed E-state index contributed by atoms with van der Waals surface area (Å²) in [6, 6.07) is 4.89. The van der Waals surface area contributed by atoms with E-state index in [1.54, 1.807) is 18.3 Å². The van der Waals surface area contributed by atoms with Gasteiger partial charge in [0, 0.05) is 53.9 Å². The van der Waals surface area contributed by atoms with Crippen molar-refractivity contribution >= 4 is 23.5 Å². The van der Waals surface area contributed by atoms with Crippen LogP contribution < -0.4 is 10.6 Å². The highest BCUT2D eigenvalue weighted by Gasteiger charge is 2.31. The first-order chi connectivity index (χ1) is 24.9. The monoisotopic (exact) mass is 689 g/mol. The smallest absolute Gasteiger partial charge is 0.228 e. The molecule has 0 atom stereocenters. The van der Waals surface area contributed by atoms with E-state index in [0.717, 1.165) is 44.3 Å². The number of nitrogens with zero attached hydrogens (tertiary/aromatic N) is 9. The minimum Gasteiger partial charge on any atom is -0.309 e. The maximum Gasteiger partial charge on any atom is 0.228 e. The van der Waals surface area contributed by atoms with E-state index in [1.165, 1.54) is 49.4 Å². The molecular weight excluding hydrogens is 663 g/mol. The molecule has 0 aliphatic heterocycles. The molecule has 0 spiro atoms. The Labute approximate surface area is 288 Å². The Kier molecular flexibility index (Phi) is 9.36. The maximum atomic E-state index is 14.2. The Balaban J connectivity index is 0.000000159. The number of rotatable bonds is 8. The average Bonchev–Trinajstić information content (AvgIpc) is 4.08. The van der Waals surface area contributed by atoms with Crippen molar-refractivity contribution in [2.45, 2.75) is 25.7 Å². The van der Waals surface area contributed by atoms with Gasteiger partial charge in [0.15, 0.2) is 29.1 Å². The third-order valence-corrected chi connectivity index (χ3v) is 7.80. The summed E-state index contributed by atoms with van der Waals surface area (Å²) >= 11 is 0. The minimum absolute atomic E-state index is 0.00611. The molecule has 13 nitrogen and oxygen atoms in total. The normalized spacial score (nSPS) is 13.5. The SMILES string of the molecule is O=C(Nc1cnc(-c2c(F)cncc2F)c(-c2cccnc2)n1)C1CC1.O=C(Nc1cnc(-c2ccncc2F)c(-c2cnccn2)n1)C1CC1. The second-order valence-corrected chi connectivity index (χ2v) is 11.6. The highest BCUT2D eigenvalue weighted by molar-refractivity contribution is 5.94. The van der Waals surface area contributed by atoms with E-state index >= 15 is 0 Å². The molecule has 6 heterocycles. The van der Waals surface area contributed by atoms with Gasteiger partial charge in [0.25, 0.3) is 0 Å². The van der Waals surface area contributed by atoms with Crippen LogP contribution in [0.2, 0.25) is 0 Å². The standard InChI is InChI=1S/C18H13F2N5O.C17H13FN6O/c19-12-7-22-8-13(20)15(12)17-16(11-2-1-5-21-6-11)24-14(9-23-17)25-18(26)10-3-4-10;18-12-7-19-4-3-11(12)15-16(13-8-20-5-6-21-13)23-14(9-22-15)24-17(25)10-1-2-10/h1-2,5-10H,3-4H2,(H,24,25,26);3-10H,1-2H2,(H,23,24,25). The van der Waals surface area contributed by atoms with Crippen molar-refractivity contribution in [3.8, 4) is 45.2 Å². The fourth-order valence-electron chi connectivity index (χ4n) is 4.94. The van der Waals surface area contributed by atoms with E-state index in [-0.39, 0.29) is 52.0 Å². The number of anilines is 2. The molecule has 2 fully saturated rings. The molecule has 254 valence electrons. The van der Waals surface area contributed by atoms with Gasteiger partial charge in [-0.2, -0.15) is 0 Å². The average molecular weight is 690 g/mol. The second kappa shape index (κ2) is 14.5. The Hall–Kier alpha value is -6.58. The number of nitrogens with one attached hydrogen (secondary N) is 2. The molecule has 0 radical (unpaired) electrons. The maximum absolute atomic E-state index is 14.2. The summed E-state index contributed by atoms with van der Waals surface area (Å²) in [5.41, 5.74) is 1.76. The molecule has 2 aliphatic rings. The molecule has 16 heteroatoms. The summed E-state index contributed by atoms with van der Waals surface area (Å²) in [6.45, 7) is 0. The Morgan fingerprint density at radius 2 is 1.18 bits per heavy atom. The van der Waals surface area contributed by atoms with Crippen LogP contribution in [0.3, 0.4) is 0 Å². The molecule has 0 unspecified atom stereocenters. The number of halogens is 3. The van der Waals surface area contributed by atoms with Crippen LogP contribution >= 0.6 is 0 Å². The molecule has 2 saturated carbocycles. The fourth-order valence-corrected chi connectivity index (χ4v) is 4.94. The lowest BCUT2D eigenvalue weighted by Crippen LogP contribution is -2.15. The fraction of sp³-hybridized carbons (Fsp3) is 0.171. The molecule has 0 saturated heterocycles. The largest absolute Gasteiger partial charge is 0.309 e. The molecule has 2 amide bonds. The van der Waals surface area contributed by atoms with Crippen molar-refractivity contribution in [2.24, 2.45) is 11.8 Å². The molecule has 0 bridgehead atoms. The molecule has 51 heavy (non-hydrogen) atoms. The summed E-state index contributed by atoms with van der Waals surface area (Å²) in [5.74, 6) is -1.87. The van der Waals surface area contributed by atoms with Gasteiger partial charge in [0.05, 0.1) is 42.7 Å². The predicted octanol–water partition coefficient (Wildman–Crippen LogP) is 5.71. The van der Waals surface area contributed by atoms with Crippen LogP contribution in [-0.2, 0) is 9.59 Å². The molecule has 2 N–H and O–H groups in total. The summed E-state index contributed by atoms with van der Waals surface area (Å²) < 4.78 is 42.6. The third-order valence-electron chi connectivity index (χ3n) is 7.80.